The van der Waals surface area contributed by atoms with Gasteiger partial charge in [-0.1, -0.05) is 12.1 Å². The van der Waals surface area contributed by atoms with Gasteiger partial charge in [-0.05, 0) is 43.4 Å². The van der Waals surface area contributed by atoms with Gasteiger partial charge in [0.2, 0.25) is 0 Å². The van der Waals surface area contributed by atoms with Crippen LogP contribution < -0.4 is 0 Å². The van der Waals surface area contributed by atoms with Crippen LogP contribution in [0.3, 0.4) is 0 Å². The van der Waals surface area contributed by atoms with Crippen LogP contribution in [0, 0.1) is 0 Å². The number of benzene rings is 1. The number of carboxylic acid groups (broad SMARTS) is 1. The Hall–Kier alpha value is -1.84. The second kappa shape index (κ2) is 4.80. The monoisotopic (exact) mass is 247 g/mol. The first kappa shape index (κ1) is 12.6. The summed E-state index contributed by atoms with van der Waals surface area (Å²) in [6, 6.07) is 4.89. The van der Waals surface area contributed by atoms with Crippen LogP contribution in [0.2, 0.25) is 0 Å². The number of likely N-dealkylation sites (N-methyl/N-ethyl adjacent to an activating group) is 1. The number of nitrogens with zero attached hydrogens (tertiary/aromatic N) is 1. The molecule has 1 N–H and O–H groups in total. The van der Waals surface area contributed by atoms with Gasteiger partial charge in [-0.25, -0.2) is 4.79 Å². The smallest absolute Gasteiger partial charge is 0.326 e. The van der Waals surface area contributed by atoms with Crippen molar-refractivity contribution in [3.8, 4) is 0 Å². The van der Waals surface area contributed by atoms with Gasteiger partial charge in [0, 0.05) is 12.6 Å². The minimum Gasteiger partial charge on any atom is -0.480 e. The lowest BCUT2D eigenvalue weighted by molar-refractivity contribution is -0.141. The molecule has 0 bridgehead atoms. The molecule has 2 rings (SSSR count). The summed E-state index contributed by atoms with van der Waals surface area (Å²) in [4.78, 5) is 24.5. The number of fused-ring (bicyclic) bond motifs is 1. The van der Waals surface area contributed by atoms with Gasteiger partial charge in [-0.2, -0.15) is 0 Å². The van der Waals surface area contributed by atoms with E-state index in [-0.39, 0.29) is 5.91 Å². The third-order valence-corrected chi connectivity index (χ3v) is 3.64. The molecule has 0 saturated heterocycles. The maximum absolute atomic E-state index is 12.3. The van der Waals surface area contributed by atoms with Crippen LogP contribution in [-0.4, -0.2) is 35.0 Å². The molecule has 4 heteroatoms. The summed E-state index contributed by atoms with van der Waals surface area (Å²) in [5.74, 6) is -1.19. The molecule has 1 amide bonds. The van der Waals surface area contributed by atoms with E-state index in [1.54, 1.807) is 6.07 Å². The summed E-state index contributed by atoms with van der Waals surface area (Å²) in [7, 11) is 1.54. The molecule has 1 aromatic carbocycles. The van der Waals surface area contributed by atoms with Crippen LogP contribution in [0.25, 0.3) is 0 Å². The van der Waals surface area contributed by atoms with E-state index in [9.17, 15) is 9.59 Å². The van der Waals surface area contributed by atoms with E-state index < -0.39 is 12.0 Å². The molecular formula is C14H17NO3. The molecule has 0 fully saturated rings. The molecule has 1 aliphatic rings. The first-order valence-electron chi connectivity index (χ1n) is 6.13. The molecule has 1 atom stereocenters. The minimum absolute atomic E-state index is 0.205. The number of aliphatic carboxylic acids is 1. The Bertz CT molecular complexity index is 496. The van der Waals surface area contributed by atoms with E-state index >= 15 is 0 Å². The highest BCUT2D eigenvalue weighted by molar-refractivity contribution is 5.98. The van der Waals surface area contributed by atoms with Gasteiger partial charge in [0.05, 0.1) is 0 Å². The molecule has 0 radical (unpaired) electrons. The molecule has 0 saturated carbocycles. The SMILES string of the molecule is CC(C(=O)O)N(C)C(=O)c1cccc2c1CCC2. The Morgan fingerprint density at radius 3 is 2.72 bits per heavy atom. The highest BCUT2D eigenvalue weighted by Gasteiger charge is 2.26. The van der Waals surface area contributed by atoms with E-state index in [2.05, 4.69) is 0 Å². The molecule has 18 heavy (non-hydrogen) atoms. The molecule has 1 unspecified atom stereocenters. The lowest BCUT2D eigenvalue weighted by Crippen LogP contribution is -2.40. The molecular weight excluding hydrogens is 230 g/mol. The number of carboxylic acids is 1. The summed E-state index contributed by atoms with van der Waals surface area (Å²) in [5.41, 5.74) is 2.96. The van der Waals surface area contributed by atoms with Crippen LogP contribution in [0.15, 0.2) is 18.2 Å². The topological polar surface area (TPSA) is 57.6 Å². The number of carbonyl (C=O) groups excluding carboxylic acids is 1. The number of hydrogen-bond acceptors (Lipinski definition) is 2. The minimum atomic E-state index is -0.988. The Morgan fingerprint density at radius 2 is 2.06 bits per heavy atom. The van der Waals surface area contributed by atoms with E-state index in [0.29, 0.717) is 5.56 Å². The number of amides is 1. The second-order valence-electron chi connectivity index (χ2n) is 4.73. The zero-order chi connectivity index (χ0) is 13.3. The normalized spacial score (nSPS) is 15.0. The van der Waals surface area contributed by atoms with E-state index in [1.807, 2.05) is 12.1 Å². The van der Waals surface area contributed by atoms with Gasteiger partial charge >= 0.3 is 5.97 Å². The summed E-state index contributed by atoms with van der Waals surface area (Å²) >= 11 is 0. The van der Waals surface area contributed by atoms with E-state index in [0.717, 1.165) is 24.8 Å². The first-order chi connectivity index (χ1) is 8.52. The van der Waals surface area contributed by atoms with Crippen molar-refractivity contribution in [3.63, 3.8) is 0 Å². The molecule has 0 aromatic heterocycles. The van der Waals surface area contributed by atoms with Crippen LogP contribution in [0.1, 0.15) is 34.8 Å². The van der Waals surface area contributed by atoms with Crippen molar-refractivity contribution < 1.29 is 14.7 Å². The number of rotatable bonds is 3. The molecule has 0 heterocycles. The van der Waals surface area contributed by atoms with Crippen LogP contribution in [0.4, 0.5) is 0 Å². The van der Waals surface area contributed by atoms with Gasteiger partial charge < -0.3 is 10.0 Å². The fraction of sp³-hybridized carbons (Fsp3) is 0.429. The van der Waals surface area contributed by atoms with Gasteiger partial charge in [-0.15, -0.1) is 0 Å². The van der Waals surface area contributed by atoms with Crippen molar-refractivity contribution in [2.24, 2.45) is 0 Å². The zero-order valence-electron chi connectivity index (χ0n) is 10.6. The van der Waals surface area contributed by atoms with Crippen LogP contribution >= 0.6 is 0 Å². The molecule has 0 spiro atoms. The van der Waals surface area contributed by atoms with Crippen molar-refractivity contribution in [1.82, 2.24) is 4.90 Å². The third-order valence-electron chi connectivity index (χ3n) is 3.64. The van der Waals surface area contributed by atoms with Gasteiger partial charge in [0.1, 0.15) is 6.04 Å². The summed E-state index contributed by atoms with van der Waals surface area (Å²) in [5, 5.41) is 8.95. The Morgan fingerprint density at radius 1 is 1.33 bits per heavy atom. The Balaban J connectivity index is 2.30. The molecule has 4 nitrogen and oxygen atoms in total. The van der Waals surface area contributed by atoms with E-state index in [1.165, 1.54) is 24.4 Å². The fourth-order valence-electron chi connectivity index (χ4n) is 2.35. The van der Waals surface area contributed by atoms with Gasteiger partial charge in [-0.3, -0.25) is 4.79 Å². The average Bonchev–Trinajstić information content (AvgIpc) is 2.83. The maximum Gasteiger partial charge on any atom is 0.326 e. The van der Waals surface area contributed by atoms with Gasteiger partial charge in [0.15, 0.2) is 0 Å². The quantitative estimate of drug-likeness (QED) is 0.884. The zero-order valence-corrected chi connectivity index (χ0v) is 10.6. The highest BCUT2D eigenvalue weighted by atomic mass is 16.4. The van der Waals surface area contributed by atoms with Crippen LogP contribution in [-0.2, 0) is 17.6 Å². The van der Waals surface area contributed by atoms with Crippen molar-refractivity contribution in [1.29, 1.82) is 0 Å². The Labute approximate surface area is 106 Å². The van der Waals surface area contributed by atoms with Gasteiger partial charge in [0.25, 0.3) is 5.91 Å². The predicted molar refractivity (Wildman–Crippen MR) is 67.7 cm³/mol. The van der Waals surface area contributed by atoms with Crippen molar-refractivity contribution in [2.75, 3.05) is 7.05 Å². The number of hydrogen-bond donors (Lipinski definition) is 1. The van der Waals surface area contributed by atoms with Crippen LogP contribution in [0.5, 0.6) is 0 Å². The highest BCUT2D eigenvalue weighted by Crippen LogP contribution is 2.26. The largest absolute Gasteiger partial charge is 0.480 e. The molecule has 0 aliphatic heterocycles. The summed E-state index contributed by atoms with van der Waals surface area (Å²) in [6.07, 6.45) is 2.99. The fourth-order valence-corrected chi connectivity index (χ4v) is 2.35. The van der Waals surface area contributed by atoms with Crippen molar-refractivity contribution in [3.05, 3.63) is 34.9 Å². The lowest BCUT2D eigenvalue weighted by atomic mass is 10.0. The second-order valence-corrected chi connectivity index (χ2v) is 4.73. The number of aryl methyl sites for hydroxylation is 1. The predicted octanol–water partition coefficient (Wildman–Crippen LogP) is 1.72. The summed E-state index contributed by atoms with van der Waals surface area (Å²) in [6.45, 7) is 1.52. The summed E-state index contributed by atoms with van der Waals surface area (Å²) < 4.78 is 0. The van der Waals surface area contributed by atoms with Crippen molar-refractivity contribution >= 4 is 11.9 Å². The molecule has 1 aromatic rings. The van der Waals surface area contributed by atoms with Crippen molar-refractivity contribution in [2.45, 2.75) is 32.2 Å². The molecule has 1 aliphatic carbocycles. The third kappa shape index (κ3) is 2.10. The first-order valence-corrected chi connectivity index (χ1v) is 6.13. The Kier molecular flexibility index (Phi) is 3.36. The van der Waals surface area contributed by atoms with E-state index in [4.69, 9.17) is 5.11 Å². The lowest BCUT2D eigenvalue weighted by Gasteiger charge is -2.22. The standard InChI is InChI=1S/C14H17NO3/c1-9(14(17)18)15(2)13(16)12-8-4-6-10-5-3-7-11(10)12/h4,6,8-9H,3,5,7H2,1-2H3,(H,17,18). The number of carbonyl (C=O) groups is 2. The molecule has 96 valence electrons. The maximum atomic E-state index is 12.3. The average molecular weight is 247 g/mol.